The number of nitrogens with one attached hydrogen (secondary N) is 1. The number of nitrogens with zero attached hydrogens (tertiary/aromatic N) is 1. The molecule has 0 aromatic carbocycles. The Kier molecular flexibility index (Phi) is 6.96. The van der Waals surface area contributed by atoms with Gasteiger partial charge >= 0.3 is 0 Å². The molecule has 1 saturated heterocycles. The Bertz CT molecular complexity index is 406. The average Bonchev–Trinajstić information content (AvgIpc) is 2.56. The molecule has 1 N–H and O–H groups in total. The van der Waals surface area contributed by atoms with Gasteiger partial charge in [0.15, 0.2) is 0 Å². The third kappa shape index (κ3) is 5.29. The topological polar surface area (TPSA) is 43.4 Å². The Morgan fingerprint density at radius 3 is 3.05 bits per heavy atom. The van der Waals surface area contributed by atoms with Gasteiger partial charge in [0.2, 0.25) is 0 Å². The predicted octanol–water partition coefficient (Wildman–Crippen LogP) is 3.48. The zero-order chi connectivity index (χ0) is 14.9. The third-order valence-corrected chi connectivity index (χ3v) is 4.06. The summed E-state index contributed by atoms with van der Waals surface area (Å²) in [5.41, 5.74) is 1.21. The Labute approximate surface area is 128 Å². The van der Waals surface area contributed by atoms with Crippen molar-refractivity contribution in [3.63, 3.8) is 0 Å². The van der Waals surface area contributed by atoms with E-state index in [1.54, 1.807) is 13.3 Å². The maximum Gasteiger partial charge on any atom is 0.137 e. The molecular weight excluding hydrogens is 264 g/mol. The molecule has 2 heterocycles. The molecule has 0 bridgehead atoms. The molecule has 1 aliphatic heterocycles. The quantitative estimate of drug-likeness (QED) is 0.796. The van der Waals surface area contributed by atoms with Gasteiger partial charge in [0.1, 0.15) is 5.75 Å². The predicted molar refractivity (Wildman–Crippen MR) is 84.6 cm³/mol. The van der Waals surface area contributed by atoms with Crippen molar-refractivity contribution in [3.05, 3.63) is 24.0 Å². The van der Waals surface area contributed by atoms with Crippen molar-refractivity contribution >= 4 is 0 Å². The molecule has 0 spiro atoms. The van der Waals surface area contributed by atoms with Crippen LogP contribution < -0.4 is 10.1 Å². The molecule has 118 valence electrons. The summed E-state index contributed by atoms with van der Waals surface area (Å²) in [5, 5.41) is 3.63. The van der Waals surface area contributed by atoms with Crippen molar-refractivity contribution in [3.8, 4) is 5.75 Å². The monoisotopic (exact) mass is 292 g/mol. The standard InChI is InChI=1S/C17H28N2O2/c1-3-9-19-17(8-7-15-6-4-5-10-21-15)14-11-16(20-2)13-18-12-14/h11-13,15,17,19H,3-10H2,1-2H3. The fourth-order valence-corrected chi connectivity index (χ4v) is 2.83. The lowest BCUT2D eigenvalue weighted by molar-refractivity contribution is 0.00854. The minimum absolute atomic E-state index is 0.332. The Morgan fingerprint density at radius 1 is 1.43 bits per heavy atom. The van der Waals surface area contributed by atoms with Gasteiger partial charge in [0.25, 0.3) is 0 Å². The summed E-state index contributed by atoms with van der Waals surface area (Å²) in [4.78, 5) is 4.28. The fraction of sp³-hybridized carbons (Fsp3) is 0.706. The number of aromatic nitrogens is 1. The van der Waals surface area contributed by atoms with Crippen LogP contribution >= 0.6 is 0 Å². The third-order valence-electron chi connectivity index (χ3n) is 4.06. The normalized spacial score (nSPS) is 20.2. The second kappa shape index (κ2) is 9.00. The first-order valence-corrected chi connectivity index (χ1v) is 8.17. The summed E-state index contributed by atoms with van der Waals surface area (Å²) in [5.74, 6) is 0.824. The summed E-state index contributed by atoms with van der Waals surface area (Å²) < 4.78 is 11.1. The highest BCUT2D eigenvalue weighted by Crippen LogP contribution is 2.25. The second-order valence-electron chi connectivity index (χ2n) is 5.73. The molecule has 4 heteroatoms. The fourth-order valence-electron chi connectivity index (χ4n) is 2.83. The van der Waals surface area contributed by atoms with Gasteiger partial charge in [0.05, 0.1) is 19.4 Å². The van der Waals surface area contributed by atoms with Crippen LogP contribution in [-0.4, -0.2) is 31.3 Å². The first kappa shape index (κ1) is 16.2. The zero-order valence-corrected chi connectivity index (χ0v) is 13.3. The van der Waals surface area contributed by atoms with Gasteiger partial charge in [0, 0.05) is 18.8 Å². The van der Waals surface area contributed by atoms with Gasteiger partial charge in [-0.25, -0.2) is 0 Å². The van der Waals surface area contributed by atoms with Crippen LogP contribution in [0.2, 0.25) is 0 Å². The molecule has 0 aliphatic carbocycles. The second-order valence-corrected chi connectivity index (χ2v) is 5.73. The molecule has 1 aromatic heterocycles. The van der Waals surface area contributed by atoms with Crippen molar-refractivity contribution in [2.45, 2.75) is 57.6 Å². The molecule has 21 heavy (non-hydrogen) atoms. The van der Waals surface area contributed by atoms with E-state index < -0.39 is 0 Å². The number of pyridine rings is 1. The minimum atomic E-state index is 0.332. The van der Waals surface area contributed by atoms with E-state index in [2.05, 4.69) is 23.3 Å². The van der Waals surface area contributed by atoms with Crippen molar-refractivity contribution < 1.29 is 9.47 Å². The van der Waals surface area contributed by atoms with E-state index in [0.717, 1.165) is 38.2 Å². The molecule has 1 aromatic rings. The van der Waals surface area contributed by atoms with Crippen LogP contribution in [0.3, 0.4) is 0 Å². The first-order valence-electron chi connectivity index (χ1n) is 8.17. The summed E-state index contributed by atoms with van der Waals surface area (Å²) in [6.45, 7) is 4.14. The summed E-state index contributed by atoms with van der Waals surface area (Å²) >= 11 is 0. The summed E-state index contributed by atoms with van der Waals surface area (Å²) in [6, 6.07) is 2.42. The van der Waals surface area contributed by atoms with Crippen LogP contribution in [0.1, 0.15) is 57.1 Å². The van der Waals surface area contributed by atoms with E-state index in [1.807, 2.05) is 6.20 Å². The van der Waals surface area contributed by atoms with Crippen LogP contribution in [0, 0.1) is 0 Å². The van der Waals surface area contributed by atoms with Gasteiger partial charge in [-0.2, -0.15) is 0 Å². The van der Waals surface area contributed by atoms with Crippen LogP contribution in [0.5, 0.6) is 5.75 Å². The van der Waals surface area contributed by atoms with E-state index in [0.29, 0.717) is 12.1 Å². The maximum absolute atomic E-state index is 5.85. The lowest BCUT2D eigenvalue weighted by Gasteiger charge is -2.25. The first-order chi connectivity index (χ1) is 10.3. The van der Waals surface area contributed by atoms with E-state index >= 15 is 0 Å². The summed E-state index contributed by atoms with van der Waals surface area (Å²) in [7, 11) is 1.69. The van der Waals surface area contributed by atoms with E-state index in [-0.39, 0.29) is 0 Å². The molecule has 2 atom stereocenters. The molecule has 2 rings (SSSR count). The largest absolute Gasteiger partial charge is 0.495 e. The van der Waals surface area contributed by atoms with Crippen molar-refractivity contribution in [1.82, 2.24) is 10.3 Å². The molecule has 0 radical (unpaired) electrons. The van der Waals surface area contributed by atoms with Gasteiger partial charge in [-0.15, -0.1) is 0 Å². The molecule has 0 saturated carbocycles. The van der Waals surface area contributed by atoms with Gasteiger partial charge in [-0.05, 0) is 56.7 Å². The van der Waals surface area contributed by atoms with E-state index in [4.69, 9.17) is 9.47 Å². The minimum Gasteiger partial charge on any atom is -0.495 e. The highest BCUT2D eigenvalue weighted by Gasteiger charge is 2.18. The van der Waals surface area contributed by atoms with Gasteiger partial charge in [-0.3, -0.25) is 4.98 Å². The van der Waals surface area contributed by atoms with Crippen LogP contribution in [0.4, 0.5) is 0 Å². The molecule has 4 nitrogen and oxygen atoms in total. The Balaban J connectivity index is 1.95. The average molecular weight is 292 g/mol. The zero-order valence-electron chi connectivity index (χ0n) is 13.3. The number of ether oxygens (including phenoxy) is 2. The van der Waals surface area contributed by atoms with Crippen LogP contribution in [0.25, 0.3) is 0 Å². The summed E-state index contributed by atoms with van der Waals surface area (Å²) in [6.07, 6.45) is 11.2. The molecular formula is C17H28N2O2. The Hall–Kier alpha value is -1.13. The van der Waals surface area contributed by atoms with E-state index in [9.17, 15) is 0 Å². The maximum atomic E-state index is 5.85. The highest BCUT2D eigenvalue weighted by molar-refractivity contribution is 5.25. The molecule has 1 aliphatic rings. The lowest BCUT2D eigenvalue weighted by Crippen LogP contribution is -2.25. The molecule has 0 amide bonds. The number of rotatable bonds is 8. The molecule has 1 fully saturated rings. The SMILES string of the molecule is CCCNC(CCC1CCCCO1)c1cncc(OC)c1. The lowest BCUT2D eigenvalue weighted by atomic mass is 9.98. The number of hydrogen-bond donors (Lipinski definition) is 1. The van der Waals surface area contributed by atoms with Crippen molar-refractivity contribution in [2.75, 3.05) is 20.3 Å². The van der Waals surface area contributed by atoms with Crippen molar-refractivity contribution in [2.24, 2.45) is 0 Å². The smallest absolute Gasteiger partial charge is 0.137 e. The van der Waals surface area contributed by atoms with Gasteiger partial charge < -0.3 is 14.8 Å². The molecule has 2 unspecified atom stereocenters. The number of hydrogen-bond acceptors (Lipinski definition) is 4. The van der Waals surface area contributed by atoms with Gasteiger partial charge in [-0.1, -0.05) is 6.92 Å². The van der Waals surface area contributed by atoms with Crippen LogP contribution in [-0.2, 0) is 4.74 Å². The highest BCUT2D eigenvalue weighted by atomic mass is 16.5. The Morgan fingerprint density at radius 2 is 2.33 bits per heavy atom. The van der Waals surface area contributed by atoms with Crippen molar-refractivity contribution in [1.29, 1.82) is 0 Å². The van der Waals surface area contributed by atoms with E-state index in [1.165, 1.54) is 24.8 Å². The number of methoxy groups -OCH3 is 1. The van der Waals surface area contributed by atoms with Crippen LogP contribution in [0.15, 0.2) is 18.5 Å².